The van der Waals surface area contributed by atoms with Crippen LogP contribution in [0.2, 0.25) is 0 Å². The SMILES string of the molecule is NC(=O)c1cc(-c2ccc(C(=O)N3CCOc4ccccc43)c3c2CC(=O)NC3=O)ccc1-c1cccc2c1C(=O)NC(=O)C2. The van der Waals surface area contributed by atoms with Crippen LogP contribution in [-0.4, -0.2) is 48.6 Å². The van der Waals surface area contributed by atoms with Crippen LogP contribution >= 0.6 is 0 Å². The smallest absolute Gasteiger partial charge is 0.259 e. The molecule has 3 heterocycles. The molecule has 11 heteroatoms. The number of imide groups is 2. The number of nitrogens with one attached hydrogen (secondary N) is 2. The number of nitrogens with zero attached hydrogens (tertiary/aromatic N) is 1. The highest BCUT2D eigenvalue weighted by Gasteiger charge is 2.34. The molecule has 0 aliphatic carbocycles. The summed E-state index contributed by atoms with van der Waals surface area (Å²) in [5.74, 6) is -2.86. The molecule has 0 radical (unpaired) electrons. The molecule has 0 atom stereocenters. The van der Waals surface area contributed by atoms with Crippen molar-refractivity contribution in [2.45, 2.75) is 12.8 Å². The molecule has 4 aromatic rings. The molecule has 4 N–H and O–H groups in total. The van der Waals surface area contributed by atoms with Gasteiger partial charge >= 0.3 is 0 Å². The summed E-state index contributed by atoms with van der Waals surface area (Å²) in [6.45, 7) is 0.546. The monoisotopic (exact) mass is 600 g/mol. The Bertz CT molecular complexity index is 2030. The van der Waals surface area contributed by atoms with Gasteiger partial charge in [-0.25, -0.2) is 0 Å². The number of fused-ring (bicyclic) bond motifs is 3. The first-order valence-corrected chi connectivity index (χ1v) is 14.2. The first-order valence-electron chi connectivity index (χ1n) is 14.2. The minimum atomic E-state index is -0.766. The van der Waals surface area contributed by atoms with Crippen molar-refractivity contribution in [3.8, 4) is 28.0 Å². The summed E-state index contributed by atoms with van der Waals surface area (Å²) in [5.41, 5.74) is 9.60. The maximum Gasteiger partial charge on any atom is 0.259 e. The van der Waals surface area contributed by atoms with Crippen molar-refractivity contribution in [2.75, 3.05) is 18.1 Å². The number of para-hydroxylation sites is 2. The Labute approximate surface area is 256 Å². The standard InChI is InChI=1S/C34H24N4O7/c35-31(41)24-14-17(8-9-20(24)21-5-3-4-18-15-27(39)36-32(42)29(18)21)19-10-11-22(30-23(19)16-28(40)37-33(30)43)34(44)38-12-13-45-26-7-2-1-6-25(26)38/h1-11,14H,12-13,15-16H2,(H2,35,41)(H,36,39,42)(H,37,40,43). The third kappa shape index (κ3) is 4.61. The van der Waals surface area contributed by atoms with Crippen LogP contribution in [0.5, 0.6) is 5.75 Å². The average molecular weight is 601 g/mol. The van der Waals surface area contributed by atoms with Gasteiger partial charge in [0.2, 0.25) is 17.7 Å². The number of benzene rings is 4. The zero-order chi connectivity index (χ0) is 31.4. The van der Waals surface area contributed by atoms with Gasteiger partial charge in [-0.2, -0.15) is 0 Å². The van der Waals surface area contributed by atoms with Crippen molar-refractivity contribution in [1.82, 2.24) is 10.6 Å². The summed E-state index contributed by atoms with van der Waals surface area (Å²) in [7, 11) is 0. The van der Waals surface area contributed by atoms with Gasteiger partial charge in [0, 0.05) is 5.56 Å². The maximum absolute atomic E-state index is 13.9. The van der Waals surface area contributed by atoms with Crippen LogP contribution < -0.4 is 26.0 Å². The topological polar surface area (TPSA) is 165 Å². The fraction of sp³-hybridized carbons (Fsp3) is 0.118. The predicted octanol–water partition coefficient (Wildman–Crippen LogP) is 2.78. The second-order valence-corrected chi connectivity index (χ2v) is 10.9. The summed E-state index contributed by atoms with van der Waals surface area (Å²) in [6, 6.07) is 20.2. The van der Waals surface area contributed by atoms with E-state index in [1.807, 2.05) is 0 Å². The third-order valence-corrected chi connectivity index (χ3v) is 8.20. The molecule has 0 fully saturated rings. The average Bonchev–Trinajstić information content (AvgIpc) is 3.02. The number of primary amides is 1. The van der Waals surface area contributed by atoms with Crippen molar-refractivity contribution < 1.29 is 33.5 Å². The first-order chi connectivity index (χ1) is 21.7. The molecule has 45 heavy (non-hydrogen) atoms. The van der Waals surface area contributed by atoms with Crippen LogP contribution in [0.25, 0.3) is 22.3 Å². The number of anilines is 1. The molecule has 0 saturated carbocycles. The number of rotatable bonds is 4. The number of carbonyl (C=O) groups excluding carboxylic acids is 6. The lowest BCUT2D eigenvalue weighted by Gasteiger charge is -2.31. The Balaban J connectivity index is 1.35. The lowest BCUT2D eigenvalue weighted by atomic mass is 9.84. The number of amides is 6. The fourth-order valence-electron chi connectivity index (χ4n) is 6.26. The summed E-state index contributed by atoms with van der Waals surface area (Å²) in [5, 5.41) is 4.63. The van der Waals surface area contributed by atoms with E-state index in [4.69, 9.17) is 10.5 Å². The maximum atomic E-state index is 13.9. The molecule has 0 saturated heterocycles. The molecule has 11 nitrogen and oxygen atoms in total. The Kier molecular flexibility index (Phi) is 6.51. The zero-order valence-corrected chi connectivity index (χ0v) is 23.6. The molecular weight excluding hydrogens is 576 g/mol. The summed E-state index contributed by atoms with van der Waals surface area (Å²) in [6.07, 6.45) is -0.159. The van der Waals surface area contributed by atoms with E-state index in [9.17, 15) is 28.8 Å². The van der Waals surface area contributed by atoms with Crippen LogP contribution in [0.15, 0.2) is 72.8 Å². The zero-order valence-electron chi connectivity index (χ0n) is 23.6. The Morgan fingerprint density at radius 3 is 2.27 bits per heavy atom. The van der Waals surface area contributed by atoms with Gasteiger partial charge in [-0.15, -0.1) is 0 Å². The van der Waals surface area contributed by atoms with Crippen molar-refractivity contribution >= 4 is 41.1 Å². The molecule has 4 aromatic carbocycles. The second-order valence-electron chi connectivity index (χ2n) is 10.9. The van der Waals surface area contributed by atoms with Crippen LogP contribution in [-0.2, 0) is 22.4 Å². The fourth-order valence-corrected chi connectivity index (χ4v) is 6.26. The van der Waals surface area contributed by atoms with Crippen LogP contribution in [0, 0.1) is 0 Å². The van der Waals surface area contributed by atoms with E-state index in [0.717, 1.165) is 0 Å². The lowest BCUT2D eigenvalue weighted by Crippen LogP contribution is -2.42. The third-order valence-electron chi connectivity index (χ3n) is 8.20. The van der Waals surface area contributed by atoms with E-state index < -0.39 is 35.4 Å². The highest BCUT2D eigenvalue weighted by Crippen LogP contribution is 2.38. The molecule has 222 valence electrons. The molecule has 3 aliphatic rings. The summed E-state index contributed by atoms with van der Waals surface area (Å²) < 4.78 is 5.69. The predicted molar refractivity (Wildman–Crippen MR) is 162 cm³/mol. The van der Waals surface area contributed by atoms with Crippen molar-refractivity contribution in [2.24, 2.45) is 5.73 Å². The van der Waals surface area contributed by atoms with Gasteiger partial charge in [-0.3, -0.25) is 39.4 Å². The molecule has 0 aromatic heterocycles. The summed E-state index contributed by atoms with van der Waals surface area (Å²) >= 11 is 0. The van der Waals surface area contributed by atoms with Gasteiger partial charge in [0.25, 0.3) is 17.7 Å². The van der Waals surface area contributed by atoms with Gasteiger partial charge in [-0.05, 0) is 57.6 Å². The van der Waals surface area contributed by atoms with Crippen molar-refractivity contribution in [1.29, 1.82) is 0 Å². The van der Waals surface area contributed by atoms with Gasteiger partial charge in [-0.1, -0.05) is 48.5 Å². The Hall–Kier alpha value is -6.10. The number of hydrogen-bond acceptors (Lipinski definition) is 7. The first kappa shape index (κ1) is 27.7. The van der Waals surface area contributed by atoms with Crippen LogP contribution in [0.1, 0.15) is 52.6 Å². The minimum absolute atomic E-state index is 0.0161. The van der Waals surface area contributed by atoms with Gasteiger partial charge < -0.3 is 15.4 Å². The Morgan fingerprint density at radius 1 is 0.733 bits per heavy atom. The van der Waals surface area contributed by atoms with Gasteiger partial charge in [0.1, 0.15) is 12.4 Å². The van der Waals surface area contributed by atoms with E-state index in [-0.39, 0.29) is 48.2 Å². The molecule has 3 aliphatic heterocycles. The number of nitrogens with two attached hydrogens (primary N) is 1. The molecule has 0 unspecified atom stereocenters. The van der Waals surface area contributed by atoms with Crippen LogP contribution in [0.3, 0.4) is 0 Å². The van der Waals surface area contributed by atoms with Crippen LogP contribution in [0.4, 0.5) is 5.69 Å². The van der Waals surface area contributed by atoms with E-state index in [2.05, 4.69) is 10.6 Å². The molecule has 6 amide bonds. The molecule has 0 spiro atoms. The number of hydrogen-bond donors (Lipinski definition) is 3. The number of ether oxygens (including phenoxy) is 1. The van der Waals surface area contributed by atoms with E-state index in [1.54, 1.807) is 65.6 Å². The van der Waals surface area contributed by atoms with Gasteiger partial charge in [0.15, 0.2) is 0 Å². The van der Waals surface area contributed by atoms with E-state index in [1.165, 1.54) is 12.1 Å². The quantitative estimate of drug-likeness (QED) is 0.303. The number of carbonyl (C=O) groups is 6. The largest absolute Gasteiger partial charge is 0.490 e. The van der Waals surface area contributed by atoms with Gasteiger partial charge in [0.05, 0.1) is 41.8 Å². The Morgan fingerprint density at radius 2 is 1.47 bits per heavy atom. The lowest BCUT2D eigenvalue weighted by molar-refractivity contribution is -0.120. The molecular formula is C34H24N4O7. The van der Waals surface area contributed by atoms with E-state index in [0.29, 0.717) is 44.8 Å². The molecule has 0 bridgehead atoms. The molecule has 7 rings (SSSR count). The second kappa shape index (κ2) is 10.6. The highest BCUT2D eigenvalue weighted by molar-refractivity contribution is 6.20. The van der Waals surface area contributed by atoms with Crippen molar-refractivity contribution in [3.05, 3.63) is 106 Å². The minimum Gasteiger partial charge on any atom is -0.490 e. The highest BCUT2D eigenvalue weighted by atomic mass is 16.5. The van der Waals surface area contributed by atoms with Crippen molar-refractivity contribution in [3.63, 3.8) is 0 Å². The summed E-state index contributed by atoms with van der Waals surface area (Å²) in [4.78, 5) is 78.8. The normalized spacial score (nSPS) is 15.2. The van der Waals surface area contributed by atoms with E-state index >= 15 is 0 Å².